The molecule has 1 rings (SSSR count). The van der Waals surface area contributed by atoms with Gasteiger partial charge < -0.3 is 9.84 Å². The normalized spacial score (nSPS) is 10.2. The number of hydrogen-bond donors (Lipinski definition) is 1. The number of esters is 1. The van der Waals surface area contributed by atoms with E-state index < -0.39 is 29.5 Å². The Bertz CT molecular complexity index is 429. The predicted octanol–water partition coefficient (Wildman–Crippen LogP) is 2.11. The maximum atomic E-state index is 12.3. The van der Waals surface area contributed by atoms with Crippen LogP contribution >= 0.6 is 0 Å². The molecule has 1 aromatic rings. The lowest BCUT2D eigenvalue weighted by molar-refractivity contribution is 0.0582. The van der Waals surface area contributed by atoms with Crippen LogP contribution in [0.2, 0.25) is 0 Å². The van der Waals surface area contributed by atoms with Crippen LogP contribution in [0.3, 0.4) is 0 Å². The molecule has 16 heavy (non-hydrogen) atoms. The van der Waals surface area contributed by atoms with Gasteiger partial charge in [0.25, 0.3) is 6.43 Å². The largest absolute Gasteiger partial charge is 0.478 e. The number of rotatable bonds is 3. The van der Waals surface area contributed by atoms with E-state index in [0.29, 0.717) is 0 Å². The molecular formula is C10H8F2O4. The van der Waals surface area contributed by atoms with E-state index in [1.54, 1.807) is 0 Å². The second-order valence-corrected chi connectivity index (χ2v) is 2.90. The minimum Gasteiger partial charge on any atom is -0.478 e. The van der Waals surface area contributed by atoms with Crippen molar-refractivity contribution in [2.45, 2.75) is 6.43 Å². The molecule has 0 fully saturated rings. The lowest BCUT2D eigenvalue weighted by atomic mass is 10.0. The summed E-state index contributed by atoms with van der Waals surface area (Å²) in [5, 5.41) is 8.76. The third kappa shape index (κ3) is 2.33. The first-order chi connectivity index (χ1) is 7.47. The minimum atomic E-state index is -2.79. The summed E-state index contributed by atoms with van der Waals surface area (Å²) < 4.78 is 29.0. The van der Waals surface area contributed by atoms with E-state index in [0.717, 1.165) is 25.3 Å². The summed E-state index contributed by atoms with van der Waals surface area (Å²) in [6.07, 6.45) is -2.79. The van der Waals surface area contributed by atoms with Crippen molar-refractivity contribution in [2.24, 2.45) is 0 Å². The number of carbonyl (C=O) groups is 2. The van der Waals surface area contributed by atoms with Crippen LogP contribution in [0.1, 0.15) is 32.7 Å². The molecule has 0 saturated heterocycles. The van der Waals surface area contributed by atoms with E-state index in [1.807, 2.05) is 0 Å². The SMILES string of the molecule is COC(=O)c1ccc(C(F)F)cc1C(=O)O. The number of methoxy groups -OCH3 is 1. The molecule has 0 amide bonds. The fourth-order valence-electron chi connectivity index (χ4n) is 1.16. The highest BCUT2D eigenvalue weighted by molar-refractivity contribution is 6.02. The molecule has 0 heterocycles. The predicted molar refractivity (Wildman–Crippen MR) is 49.7 cm³/mol. The van der Waals surface area contributed by atoms with Crippen molar-refractivity contribution >= 4 is 11.9 Å². The van der Waals surface area contributed by atoms with E-state index in [9.17, 15) is 18.4 Å². The number of carboxylic acids is 1. The Balaban J connectivity index is 3.30. The van der Waals surface area contributed by atoms with Crippen molar-refractivity contribution in [1.82, 2.24) is 0 Å². The molecule has 0 spiro atoms. The third-order valence-corrected chi connectivity index (χ3v) is 1.93. The average molecular weight is 230 g/mol. The number of hydrogen-bond acceptors (Lipinski definition) is 3. The van der Waals surface area contributed by atoms with Crippen LogP contribution in [0.25, 0.3) is 0 Å². The van der Waals surface area contributed by atoms with Gasteiger partial charge in [0.15, 0.2) is 0 Å². The second kappa shape index (κ2) is 4.69. The molecule has 0 aliphatic rings. The molecule has 0 aromatic heterocycles. The van der Waals surface area contributed by atoms with E-state index in [1.165, 1.54) is 0 Å². The first kappa shape index (κ1) is 12.1. The fraction of sp³-hybridized carbons (Fsp3) is 0.200. The van der Waals surface area contributed by atoms with Crippen LogP contribution in [0.15, 0.2) is 18.2 Å². The molecule has 0 aliphatic carbocycles. The molecule has 86 valence electrons. The van der Waals surface area contributed by atoms with Gasteiger partial charge >= 0.3 is 11.9 Å². The number of halogens is 2. The molecule has 4 nitrogen and oxygen atoms in total. The van der Waals surface area contributed by atoms with Crippen LogP contribution in [-0.2, 0) is 4.74 Å². The van der Waals surface area contributed by atoms with Crippen molar-refractivity contribution < 1.29 is 28.2 Å². The molecule has 0 bridgehead atoms. The zero-order chi connectivity index (χ0) is 12.3. The van der Waals surface area contributed by atoms with Crippen LogP contribution in [0.5, 0.6) is 0 Å². The lowest BCUT2D eigenvalue weighted by Crippen LogP contribution is -2.10. The molecule has 0 atom stereocenters. The monoisotopic (exact) mass is 230 g/mol. The zero-order valence-corrected chi connectivity index (χ0v) is 8.24. The highest BCUT2D eigenvalue weighted by Crippen LogP contribution is 2.22. The number of carboxylic acid groups (broad SMARTS) is 1. The Labute approximate surface area is 89.5 Å². The molecule has 0 radical (unpaired) electrons. The molecule has 6 heteroatoms. The smallest absolute Gasteiger partial charge is 0.338 e. The van der Waals surface area contributed by atoms with Gasteiger partial charge in [-0.3, -0.25) is 0 Å². The number of benzene rings is 1. The molecule has 1 aromatic carbocycles. The summed E-state index contributed by atoms with van der Waals surface area (Å²) in [5.41, 5.74) is -1.20. The Hall–Kier alpha value is -1.98. The lowest BCUT2D eigenvalue weighted by Gasteiger charge is -2.06. The van der Waals surface area contributed by atoms with Crippen molar-refractivity contribution in [3.63, 3.8) is 0 Å². The number of carbonyl (C=O) groups excluding carboxylic acids is 1. The Morgan fingerprint density at radius 3 is 2.38 bits per heavy atom. The van der Waals surface area contributed by atoms with E-state index in [4.69, 9.17) is 5.11 Å². The van der Waals surface area contributed by atoms with Crippen molar-refractivity contribution in [2.75, 3.05) is 7.11 Å². The summed E-state index contributed by atoms with van der Waals surface area (Å²) in [7, 11) is 1.08. The quantitative estimate of drug-likeness (QED) is 0.807. The van der Waals surface area contributed by atoms with Crippen molar-refractivity contribution in [1.29, 1.82) is 0 Å². The molecule has 1 N–H and O–H groups in total. The van der Waals surface area contributed by atoms with E-state index in [-0.39, 0.29) is 5.56 Å². The maximum absolute atomic E-state index is 12.3. The summed E-state index contributed by atoms with van der Waals surface area (Å²) in [5.74, 6) is -2.33. The Morgan fingerprint density at radius 2 is 1.94 bits per heavy atom. The second-order valence-electron chi connectivity index (χ2n) is 2.90. The van der Waals surface area contributed by atoms with Crippen molar-refractivity contribution in [3.05, 3.63) is 34.9 Å². The van der Waals surface area contributed by atoms with Gasteiger partial charge in [0, 0.05) is 5.56 Å². The standard InChI is InChI=1S/C10H8F2O4/c1-16-10(15)6-3-2-5(8(11)12)4-7(6)9(13)14/h2-4,8H,1H3,(H,13,14). The summed E-state index contributed by atoms with van der Waals surface area (Å²) in [6, 6.07) is 2.76. The first-order valence-corrected chi connectivity index (χ1v) is 4.21. The van der Waals surface area contributed by atoms with Gasteiger partial charge in [-0.1, -0.05) is 6.07 Å². The average Bonchev–Trinajstić information content (AvgIpc) is 2.26. The summed E-state index contributed by atoms with van der Waals surface area (Å²) >= 11 is 0. The Kier molecular flexibility index (Phi) is 3.55. The van der Waals surface area contributed by atoms with Gasteiger partial charge in [-0.05, 0) is 12.1 Å². The van der Waals surface area contributed by atoms with Crippen LogP contribution in [0.4, 0.5) is 8.78 Å². The number of ether oxygens (including phenoxy) is 1. The van der Waals surface area contributed by atoms with Crippen molar-refractivity contribution in [3.8, 4) is 0 Å². The van der Waals surface area contributed by atoms with Gasteiger partial charge in [0.1, 0.15) is 0 Å². The summed E-state index contributed by atoms with van der Waals surface area (Å²) in [6.45, 7) is 0. The molecule has 0 saturated carbocycles. The van der Waals surface area contributed by atoms with E-state index >= 15 is 0 Å². The van der Waals surface area contributed by atoms with Gasteiger partial charge in [-0.15, -0.1) is 0 Å². The van der Waals surface area contributed by atoms with Crippen LogP contribution in [-0.4, -0.2) is 24.2 Å². The van der Waals surface area contributed by atoms with Crippen LogP contribution in [0, 0.1) is 0 Å². The topological polar surface area (TPSA) is 63.6 Å². The number of alkyl halides is 2. The van der Waals surface area contributed by atoms with Crippen LogP contribution < -0.4 is 0 Å². The van der Waals surface area contributed by atoms with Gasteiger partial charge in [-0.25, -0.2) is 18.4 Å². The van der Waals surface area contributed by atoms with Gasteiger partial charge in [0.2, 0.25) is 0 Å². The summed E-state index contributed by atoms with van der Waals surface area (Å²) in [4.78, 5) is 21.9. The fourth-order valence-corrected chi connectivity index (χ4v) is 1.16. The molecule has 0 unspecified atom stereocenters. The van der Waals surface area contributed by atoms with Gasteiger partial charge in [-0.2, -0.15) is 0 Å². The highest BCUT2D eigenvalue weighted by Gasteiger charge is 2.19. The number of aromatic carboxylic acids is 1. The van der Waals surface area contributed by atoms with E-state index in [2.05, 4.69) is 4.74 Å². The Morgan fingerprint density at radius 1 is 1.31 bits per heavy atom. The molecular weight excluding hydrogens is 222 g/mol. The minimum absolute atomic E-state index is 0.251. The maximum Gasteiger partial charge on any atom is 0.338 e. The zero-order valence-electron chi connectivity index (χ0n) is 8.24. The molecule has 0 aliphatic heterocycles. The first-order valence-electron chi connectivity index (χ1n) is 4.21. The van der Waals surface area contributed by atoms with Gasteiger partial charge in [0.05, 0.1) is 18.2 Å². The highest BCUT2D eigenvalue weighted by atomic mass is 19.3. The third-order valence-electron chi connectivity index (χ3n) is 1.93.